The number of hydrogen-bond donors (Lipinski definition) is 2. The van der Waals surface area contributed by atoms with E-state index >= 15 is 0 Å². The van der Waals surface area contributed by atoms with Crippen LogP contribution in [0.5, 0.6) is 0 Å². The highest BCUT2D eigenvalue weighted by atomic mass is 16.6. The fourth-order valence-electron chi connectivity index (χ4n) is 1.71. The van der Waals surface area contributed by atoms with Crippen LogP contribution < -0.4 is 5.32 Å². The second kappa shape index (κ2) is 6.04. The third kappa shape index (κ3) is 5.86. The molecule has 0 atom stereocenters. The standard InChI is InChI=1S/C12H21NO5/c1-12(2,3)18-11(16)13-6-8-4-9(5-8)17-7-10(14)15/h8-9H,4-7H2,1-3H3,(H,13,16)(H,14,15). The van der Waals surface area contributed by atoms with Gasteiger partial charge in [0.2, 0.25) is 0 Å². The van der Waals surface area contributed by atoms with Crippen LogP contribution in [-0.2, 0) is 14.3 Å². The lowest BCUT2D eigenvalue weighted by Gasteiger charge is -2.34. The predicted octanol–water partition coefficient (Wildman–Crippen LogP) is 1.39. The van der Waals surface area contributed by atoms with Gasteiger partial charge in [0.1, 0.15) is 12.2 Å². The van der Waals surface area contributed by atoms with Crippen LogP contribution in [0.15, 0.2) is 0 Å². The van der Waals surface area contributed by atoms with Crippen molar-refractivity contribution in [3.63, 3.8) is 0 Å². The van der Waals surface area contributed by atoms with E-state index in [1.807, 2.05) is 20.8 Å². The SMILES string of the molecule is CC(C)(C)OC(=O)NCC1CC(OCC(=O)O)C1. The van der Waals surface area contributed by atoms with Gasteiger partial charge < -0.3 is 19.9 Å². The van der Waals surface area contributed by atoms with Gasteiger partial charge in [0.25, 0.3) is 0 Å². The zero-order chi connectivity index (χ0) is 13.8. The number of carboxylic acids is 1. The van der Waals surface area contributed by atoms with Crippen LogP contribution in [0.1, 0.15) is 33.6 Å². The molecule has 0 aromatic carbocycles. The van der Waals surface area contributed by atoms with Crippen molar-refractivity contribution >= 4 is 12.1 Å². The van der Waals surface area contributed by atoms with Crippen molar-refractivity contribution in [1.29, 1.82) is 0 Å². The molecular formula is C12H21NO5. The molecule has 6 nitrogen and oxygen atoms in total. The molecule has 0 saturated heterocycles. The quantitative estimate of drug-likeness (QED) is 0.779. The Morgan fingerprint density at radius 1 is 1.33 bits per heavy atom. The van der Waals surface area contributed by atoms with E-state index in [1.165, 1.54) is 0 Å². The fraction of sp³-hybridized carbons (Fsp3) is 0.833. The molecule has 0 aromatic rings. The lowest BCUT2D eigenvalue weighted by molar-refractivity contribution is -0.147. The molecule has 0 unspecified atom stereocenters. The summed E-state index contributed by atoms with van der Waals surface area (Å²) in [5, 5.41) is 11.1. The van der Waals surface area contributed by atoms with Gasteiger partial charge >= 0.3 is 12.1 Å². The van der Waals surface area contributed by atoms with Crippen molar-refractivity contribution in [3.8, 4) is 0 Å². The first-order valence-corrected chi connectivity index (χ1v) is 6.06. The summed E-state index contributed by atoms with van der Waals surface area (Å²) in [6.07, 6.45) is 1.15. The topological polar surface area (TPSA) is 84.9 Å². The minimum atomic E-state index is -0.953. The second-order valence-electron chi connectivity index (χ2n) is 5.55. The van der Waals surface area contributed by atoms with Gasteiger partial charge in [-0.25, -0.2) is 9.59 Å². The average molecular weight is 259 g/mol. The van der Waals surface area contributed by atoms with E-state index in [9.17, 15) is 9.59 Å². The minimum absolute atomic E-state index is 0.00605. The van der Waals surface area contributed by atoms with E-state index < -0.39 is 17.7 Å². The number of carboxylic acid groups (broad SMARTS) is 1. The molecule has 0 bridgehead atoms. The number of amides is 1. The van der Waals surface area contributed by atoms with Crippen LogP contribution in [0.25, 0.3) is 0 Å². The van der Waals surface area contributed by atoms with Crippen LogP contribution in [0.2, 0.25) is 0 Å². The van der Waals surface area contributed by atoms with Gasteiger partial charge in [0.05, 0.1) is 6.10 Å². The van der Waals surface area contributed by atoms with Crippen molar-refractivity contribution in [2.45, 2.75) is 45.3 Å². The van der Waals surface area contributed by atoms with Crippen molar-refractivity contribution < 1.29 is 24.2 Å². The third-order valence-corrected chi connectivity index (χ3v) is 2.57. The Kier molecular flexibility index (Phi) is 4.95. The van der Waals surface area contributed by atoms with E-state index in [4.69, 9.17) is 14.6 Å². The minimum Gasteiger partial charge on any atom is -0.480 e. The lowest BCUT2D eigenvalue weighted by Crippen LogP contribution is -2.41. The molecule has 1 amide bonds. The Hall–Kier alpha value is -1.30. The molecule has 1 aliphatic carbocycles. The van der Waals surface area contributed by atoms with Gasteiger partial charge in [-0.05, 0) is 39.5 Å². The molecule has 0 aromatic heterocycles. The smallest absolute Gasteiger partial charge is 0.407 e. The largest absolute Gasteiger partial charge is 0.480 e. The zero-order valence-electron chi connectivity index (χ0n) is 11.1. The first kappa shape index (κ1) is 14.8. The summed E-state index contributed by atoms with van der Waals surface area (Å²) in [5.41, 5.74) is -0.489. The summed E-state index contributed by atoms with van der Waals surface area (Å²) in [6.45, 7) is 5.72. The molecule has 1 fully saturated rings. The van der Waals surface area contributed by atoms with E-state index in [-0.39, 0.29) is 12.7 Å². The summed E-state index contributed by atoms with van der Waals surface area (Å²) in [6, 6.07) is 0. The Labute approximate surface area is 107 Å². The molecule has 0 heterocycles. The van der Waals surface area contributed by atoms with Crippen LogP contribution in [0.4, 0.5) is 4.79 Å². The monoisotopic (exact) mass is 259 g/mol. The molecule has 1 rings (SSSR count). The number of ether oxygens (including phenoxy) is 2. The molecule has 6 heteroatoms. The van der Waals surface area contributed by atoms with E-state index in [0.717, 1.165) is 12.8 Å². The molecule has 2 N–H and O–H groups in total. The molecule has 0 radical (unpaired) electrons. The third-order valence-electron chi connectivity index (χ3n) is 2.57. The number of nitrogens with one attached hydrogen (secondary N) is 1. The van der Waals surface area contributed by atoms with Crippen LogP contribution in [0, 0.1) is 5.92 Å². The molecule has 0 spiro atoms. The highest BCUT2D eigenvalue weighted by Gasteiger charge is 2.30. The molecule has 1 aliphatic rings. The van der Waals surface area contributed by atoms with Gasteiger partial charge in [-0.1, -0.05) is 0 Å². The van der Waals surface area contributed by atoms with Crippen LogP contribution >= 0.6 is 0 Å². The molecule has 0 aliphatic heterocycles. The Balaban J connectivity index is 2.06. The van der Waals surface area contributed by atoms with Crippen LogP contribution in [-0.4, -0.2) is 42.0 Å². The van der Waals surface area contributed by atoms with Gasteiger partial charge in [0.15, 0.2) is 0 Å². The average Bonchev–Trinajstić information content (AvgIpc) is 2.10. The van der Waals surface area contributed by atoms with Gasteiger partial charge in [-0.15, -0.1) is 0 Å². The maximum absolute atomic E-state index is 11.4. The number of rotatable bonds is 5. The van der Waals surface area contributed by atoms with E-state index in [2.05, 4.69) is 5.32 Å². The lowest BCUT2D eigenvalue weighted by atomic mass is 9.82. The fourth-order valence-corrected chi connectivity index (χ4v) is 1.71. The van der Waals surface area contributed by atoms with Gasteiger partial charge in [0, 0.05) is 6.54 Å². The molecule has 18 heavy (non-hydrogen) atoms. The summed E-state index contributed by atoms with van der Waals surface area (Å²) in [7, 11) is 0. The normalized spacial score (nSPS) is 23.1. The maximum Gasteiger partial charge on any atom is 0.407 e. The molecule has 1 saturated carbocycles. The Bertz CT molecular complexity index is 304. The van der Waals surface area contributed by atoms with Crippen molar-refractivity contribution in [2.75, 3.05) is 13.2 Å². The zero-order valence-corrected chi connectivity index (χ0v) is 11.1. The first-order chi connectivity index (χ1) is 8.26. The predicted molar refractivity (Wildman–Crippen MR) is 64.3 cm³/mol. The summed E-state index contributed by atoms with van der Waals surface area (Å²) in [5.74, 6) is -0.610. The van der Waals surface area contributed by atoms with Crippen molar-refractivity contribution in [3.05, 3.63) is 0 Å². The van der Waals surface area contributed by atoms with Crippen molar-refractivity contribution in [1.82, 2.24) is 5.32 Å². The highest BCUT2D eigenvalue weighted by molar-refractivity contribution is 5.68. The van der Waals surface area contributed by atoms with Gasteiger partial charge in [-0.3, -0.25) is 0 Å². The Morgan fingerprint density at radius 3 is 2.44 bits per heavy atom. The summed E-state index contributed by atoms with van der Waals surface area (Å²) in [4.78, 5) is 21.6. The number of alkyl carbamates (subject to hydrolysis) is 1. The highest BCUT2D eigenvalue weighted by Crippen LogP contribution is 2.29. The molecular weight excluding hydrogens is 238 g/mol. The van der Waals surface area contributed by atoms with Crippen molar-refractivity contribution in [2.24, 2.45) is 5.92 Å². The van der Waals surface area contributed by atoms with Gasteiger partial charge in [-0.2, -0.15) is 0 Å². The number of aliphatic carboxylic acids is 1. The maximum atomic E-state index is 11.4. The summed E-state index contributed by atoms with van der Waals surface area (Å²) < 4.78 is 10.2. The van der Waals surface area contributed by atoms with E-state index in [0.29, 0.717) is 12.5 Å². The number of carbonyl (C=O) groups excluding carboxylic acids is 1. The number of hydrogen-bond acceptors (Lipinski definition) is 4. The van der Waals surface area contributed by atoms with E-state index in [1.54, 1.807) is 0 Å². The first-order valence-electron chi connectivity index (χ1n) is 6.06. The van der Waals surface area contributed by atoms with Crippen LogP contribution in [0.3, 0.4) is 0 Å². The summed E-state index contributed by atoms with van der Waals surface area (Å²) >= 11 is 0. The second-order valence-corrected chi connectivity index (χ2v) is 5.55. The molecule has 104 valence electrons. The number of carbonyl (C=O) groups is 2. The Morgan fingerprint density at radius 2 is 1.94 bits per heavy atom.